The van der Waals surface area contributed by atoms with Crippen molar-refractivity contribution in [2.45, 2.75) is 32.1 Å². The average molecular weight is 338 g/mol. The fourth-order valence-electron chi connectivity index (χ4n) is 2.35. The molecule has 0 radical (unpaired) electrons. The molecular formula is C16H22N2O4S. The highest BCUT2D eigenvalue weighted by atomic mass is 32.1. The van der Waals surface area contributed by atoms with E-state index in [9.17, 15) is 14.4 Å². The number of amides is 2. The molecule has 1 aromatic rings. The van der Waals surface area contributed by atoms with Crippen LogP contribution in [0.2, 0.25) is 0 Å². The first-order chi connectivity index (χ1) is 11.0. The second-order valence-corrected chi connectivity index (χ2v) is 6.90. The van der Waals surface area contributed by atoms with Crippen molar-refractivity contribution in [3.63, 3.8) is 0 Å². The van der Waals surface area contributed by atoms with Crippen LogP contribution in [0.25, 0.3) is 0 Å². The van der Waals surface area contributed by atoms with Crippen molar-refractivity contribution in [1.29, 1.82) is 0 Å². The monoisotopic (exact) mass is 338 g/mol. The van der Waals surface area contributed by atoms with Crippen molar-refractivity contribution in [3.8, 4) is 0 Å². The van der Waals surface area contributed by atoms with Crippen LogP contribution in [0.4, 0.5) is 0 Å². The minimum Gasteiger partial charge on any atom is -0.451 e. The summed E-state index contributed by atoms with van der Waals surface area (Å²) in [4.78, 5) is 38.2. The van der Waals surface area contributed by atoms with E-state index in [-0.39, 0.29) is 19.1 Å². The van der Waals surface area contributed by atoms with Crippen molar-refractivity contribution in [2.24, 2.45) is 0 Å². The van der Waals surface area contributed by atoms with Gasteiger partial charge in [-0.25, -0.2) is 4.79 Å². The maximum absolute atomic E-state index is 12.0. The number of nitrogens with zero attached hydrogens (tertiary/aromatic N) is 1. The van der Waals surface area contributed by atoms with Gasteiger partial charge >= 0.3 is 5.97 Å². The van der Waals surface area contributed by atoms with Crippen molar-refractivity contribution in [3.05, 3.63) is 21.4 Å². The minimum atomic E-state index is -0.480. The summed E-state index contributed by atoms with van der Waals surface area (Å²) in [6, 6.07) is 1.89. The zero-order valence-electron chi connectivity index (χ0n) is 13.5. The number of rotatable bonds is 5. The molecule has 0 aromatic carbocycles. The van der Waals surface area contributed by atoms with Gasteiger partial charge in [0, 0.05) is 19.0 Å². The Hall–Kier alpha value is -1.89. The summed E-state index contributed by atoms with van der Waals surface area (Å²) < 4.78 is 5.03. The van der Waals surface area contributed by atoms with Gasteiger partial charge in [-0.2, -0.15) is 0 Å². The van der Waals surface area contributed by atoms with Gasteiger partial charge in [-0.05, 0) is 37.3 Å². The van der Waals surface area contributed by atoms with E-state index < -0.39 is 11.9 Å². The lowest BCUT2D eigenvalue weighted by Crippen LogP contribution is -2.38. The summed E-state index contributed by atoms with van der Waals surface area (Å²) in [7, 11) is 3.21. The second-order valence-electron chi connectivity index (χ2n) is 5.76. The summed E-state index contributed by atoms with van der Waals surface area (Å²) in [6.45, 7) is -0.473. The molecule has 1 N–H and O–H groups in total. The van der Waals surface area contributed by atoms with E-state index >= 15 is 0 Å². The molecule has 1 heterocycles. The summed E-state index contributed by atoms with van der Waals surface area (Å²) >= 11 is 1.46. The quantitative estimate of drug-likeness (QED) is 0.650. The van der Waals surface area contributed by atoms with E-state index in [1.54, 1.807) is 14.1 Å². The number of esters is 1. The molecule has 0 saturated carbocycles. The molecule has 0 aliphatic heterocycles. The van der Waals surface area contributed by atoms with Crippen LogP contribution in [-0.4, -0.2) is 49.9 Å². The summed E-state index contributed by atoms with van der Waals surface area (Å²) in [5.74, 6) is -1.17. The van der Waals surface area contributed by atoms with Gasteiger partial charge in [0.25, 0.3) is 5.91 Å². The Morgan fingerprint density at radius 1 is 1.22 bits per heavy atom. The number of thiophene rings is 1. The molecule has 1 aliphatic carbocycles. The number of carbonyl (C=O) groups excluding carboxylic acids is 3. The number of likely N-dealkylation sites (N-methyl/N-ethyl adjacent to an activating group) is 1. The molecule has 23 heavy (non-hydrogen) atoms. The number of hydrogen-bond donors (Lipinski definition) is 1. The van der Waals surface area contributed by atoms with Crippen LogP contribution in [0, 0.1) is 0 Å². The van der Waals surface area contributed by atoms with Crippen LogP contribution in [0.15, 0.2) is 6.07 Å². The fraction of sp³-hybridized carbons (Fsp3) is 0.562. The molecule has 126 valence electrons. The van der Waals surface area contributed by atoms with Crippen LogP contribution in [-0.2, 0) is 27.2 Å². The van der Waals surface area contributed by atoms with Gasteiger partial charge in [0.2, 0.25) is 5.91 Å². The molecule has 1 aliphatic rings. The lowest BCUT2D eigenvalue weighted by Gasteiger charge is -2.10. The Balaban J connectivity index is 1.81. The van der Waals surface area contributed by atoms with Gasteiger partial charge in [0.05, 0.1) is 6.54 Å². The summed E-state index contributed by atoms with van der Waals surface area (Å²) in [5, 5.41) is 2.42. The van der Waals surface area contributed by atoms with Crippen molar-refractivity contribution >= 4 is 29.1 Å². The van der Waals surface area contributed by atoms with E-state index in [0.29, 0.717) is 4.88 Å². The average Bonchev–Trinajstić information content (AvgIpc) is 2.81. The highest BCUT2D eigenvalue weighted by Gasteiger charge is 2.18. The third kappa shape index (κ3) is 5.06. The maximum atomic E-state index is 12.0. The number of hydrogen-bond acceptors (Lipinski definition) is 5. The highest BCUT2D eigenvalue weighted by Crippen LogP contribution is 2.29. The number of aryl methyl sites for hydroxylation is 2. The molecule has 0 fully saturated rings. The second kappa shape index (κ2) is 8.10. The first-order valence-corrected chi connectivity index (χ1v) is 8.54. The molecule has 0 saturated heterocycles. The van der Waals surface area contributed by atoms with Crippen molar-refractivity contribution in [2.75, 3.05) is 27.2 Å². The number of ether oxygens (including phenoxy) is 1. The lowest BCUT2D eigenvalue weighted by molar-refractivity contribution is -0.131. The SMILES string of the molecule is CN(C)C(=O)CNC(=O)COC(=O)c1cc2c(s1)CCCCC2. The zero-order valence-corrected chi connectivity index (χ0v) is 14.3. The largest absolute Gasteiger partial charge is 0.451 e. The molecular weight excluding hydrogens is 316 g/mol. The van der Waals surface area contributed by atoms with E-state index in [2.05, 4.69) is 5.32 Å². The smallest absolute Gasteiger partial charge is 0.348 e. The maximum Gasteiger partial charge on any atom is 0.348 e. The van der Waals surface area contributed by atoms with Crippen LogP contribution >= 0.6 is 11.3 Å². The van der Waals surface area contributed by atoms with E-state index in [1.807, 2.05) is 6.07 Å². The van der Waals surface area contributed by atoms with Gasteiger partial charge in [0.15, 0.2) is 6.61 Å². The van der Waals surface area contributed by atoms with Gasteiger partial charge in [-0.15, -0.1) is 11.3 Å². The normalized spacial score (nSPS) is 13.7. The fourth-order valence-corrected chi connectivity index (χ4v) is 3.50. The lowest BCUT2D eigenvalue weighted by atomic mass is 10.1. The van der Waals surface area contributed by atoms with Gasteiger partial charge < -0.3 is 15.0 Å². The molecule has 0 spiro atoms. The zero-order chi connectivity index (χ0) is 16.8. The topological polar surface area (TPSA) is 75.7 Å². The third-order valence-corrected chi connectivity index (χ3v) is 4.93. The van der Waals surface area contributed by atoms with Gasteiger partial charge in [0.1, 0.15) is 4.88 Å². The number of carbonyl (C=O) groups is 3. The van der Waals surface area contributed by atoms with Crippen molar-refractivity contribution < 1.29 is 19.1 Å². The molecule has 1 aromatic heterocycles. The predicted octanol–water partition coefficient (Wildman–Crippen LogP) is 1.38. The van der Waals surface area contributed by atoms with Crippen LogP contribution in [0.3, 0.4) is 0 Å². The van der Waals surface area contributed by atoms with Gasteiger partial charge in [-0.1, -0.05) is 6.42 Å². The Morgan fingerprint density at radius 3 is 2.70 bits per heavy atom. The Labute approximate surface area is 139 Å². The summed E-state index contributed by atoms with van der Waals surface area (Å²) in [5.41, 5.74) is 1.24. The van der Waals surface area contributed by atoms with E-state index in [1.165, 1.54) is 33.1 Å². The third-order valence-electron chi connectivity index (χ3n) is 3.72. The van der Waals surface area contributed by atoms with Crippen LogP contribution in [0.1, 0.15) is 39.4 Å². The van der Waals surface area contributed by atoms with Crippen molar-refractivity contribution in [1.82, 2.24) is 10.2 Å². The molecule has 7 heteroatoms. The molecule has 2 rings (SSSR count). The first-order valence-electron chi connectivity index (χ1n) is 7.73. The molecule has 6 nitrogen and oxygen atoms in total. The molecule has 2 amide bonds. The minimum absolute atomic E-state index is 0.101. The molecule has 0 atom stereocenters. The van der Waals surface area contributed by atoms with Crippen LogP contribution < -0.4 is 5.32 Å². The van der Waals surface area contributed by atoms with E-state index in [4.69, 9.17) is 4.74 Å². The van der Waals surface area contributed by atoms with E-state index in [0.717, 1.165) is 25.7 Å². The number of nitrogens with one attached hydrogen (secondary N) is 1. The van der Waals surface area contributed by atoms with Crippen LogP contribution in [0.5, 0.6) is 0 Å². The number of fused-ring (bicyclic) bond motifs is 1. The Bertz CT molecular complexity index is 571. The Kier molecular flexibility index (Phi) is 6.15. The molecule has 0 unspecified atom stereocenters. The Morgan fingerprint density at radius 2 is 1.96 bits per heavy atom. The van der Waals surface area contributed by atoms with Gasteiger partial charge in [-0.3, -0.25) is 9.59 Å². The highest BCUT2D eigenvalue weighted by molar-refractivity contribution is 7.14. The standard InChI is InChI=1S/C16H22N2O4S/c1-18(2)15(20)9-17-14(19)10-22-16(21)13-8-11-6-4-3-5-7-12(11)23-13/h8H,3-7,9-10H2,1-2H3,(H,17,19). The predicted molar refractivity (Wildman–Crippen MR) is 87.6 cm³/mol. The molecule has 0 bridgehead atoms. The first kappa shape index (κ1) is 17.5. The summed E-state index contributed by atoms with van der Waals surface area (Å²) in [6.07, 6.45) is 5.56.